The Morgan fingerprint density at radius 1 is 1.06 bits per heavy atom. The number of pyridine rings is 1. The van der Waals surface area contributed by atoms with Crippen LogP contribution in [0.4, 0.5) is 11.4 Å². The number of aliphatic hydroxyl groups excluding tert-OH is 1. The van der Waals surface area contributed by atoms with Crippen molar-refractivity contribution in [3.8, 4) is 11.5 Å². The molecule has 1 saturated heterocycles. The normalized spacial score (nSPS) is 18.6. The molecule has 8 nitrogen and oxygen atoms in total. The molecule has 5 rings (SSSR count). The van der Waals surface area contributed by atoms with E-state index in [0.717, 1.165) is 5.69 Å². The van der Waals surface area contributed by atoms with E-state index in [-0.39, 0.29) is 18.1 Å². The maximum atomic E-state index is 13.2. The third-order valence-corrected chi connectivity index (χ3v) is 5.73. The van der Waals surface area contributed by atoms with E-state index in [4.69, 9.17) is 9.47 Å². The molecule has 8 heteroatoms. The number of ketones is 1. The molecule has 3 heterocycles. The quantitative estimate of drug-likeness (QED) is 0.375. The number of ether oxygens (including phenoxy) is 2. The molecule has 166 valence electrons. The summed E-state index contributed by atoms with van der Waals surface area (Å²) in [4.78, 5) is 33.9. The SMILES string of the molecule is CN(C)c1ccc(N2C(=O)C(=O)/C(=C(\O)c3ccc4c(c3)OCO4)C2c2cccnc2)cc1. The first-order valence-electron chi connectivity index (χ1n) is 10.3. The van der Waals surface area contributed by atoms with Crippen LogP contribution in [-0.4, -0.2) is 42.7 Å². The highest BCUT2D eigenvalue weighted by molar-refractivity contribution is 6.51. The van der Waals surface area contributed by atoms with Crippen molar-refractivity contribution < 1.29 is 24.2 Å². The molecule has 1 amide bonds. The third-order valence-electron chi connectivity index (χ3n) is 5.73. The number of benzene rings is 2. The Kier molecular flexibility index (Phi) is 4.97. The molecule has 0 bridgehead atoms. The van der Waals surface area contributed by atoms with Gasteiger partial charge in [-0.15, -0.1) is 0 Å². The second kappa shape index (κ2) is 7.98. The maximum absolute atomic E-state index is 13.2. The molecule has 1 unspecified atom stereocenters. The van der Waals surface area contributed by atoms with Crippen molar-refractivity contribution in [1.29, 1.82) is 0 Å². The first-order valence-corrected chi connectivity index (χ1v) is 10.3. The van der Waals surface area contributed by atoms with Gasteiger partial charge in [-0.05, 0) is 54.1 Å². The van der Waals surface area contributed by atoms with Crippen LogP contribution in [0, 0.1) is 0 Å². The molecule has 0 saturated carbocycles. The Morgan fingerprint density at radius 2 is 1.82 bits per heavy atom. The maximum Gasteiger partial charge on any atom is 0.300 e. The first kappa shape index (κ1) is 20.6. The molecule has 2 aliphatic heterocycles. The smallest absolute Gasteiger partial charge is 0.300 e. The Morgan fingerprint density at radius 3 is 2.52 bits per heavy atom. The summed E-state index contributed by atoms with van der Waals surface area (Å²) in [5.41, 5.74) is 2.45. The van der Waals surface area contributed by atoms with Crippen LogP contribution in [0.15, 0.2) is 72.6 Å². The van der Waals surface area contributed by atoms with Crippen molar-refractivity contribution >= 4 is 28.8 Å². The van der Waals surface area contributed by atoms with E-state index in [2.05, 4.69) is 4.98 Å². The van der Waals surface area contributed by atoms with E-state index < -0.39 is 17.7 Å². The van der Waals surface area contributed by atoms with Crippen molar-refractivity contribution in [2.24, 2.45) is 0 Å². The third kappa shape index (κ3) is 3.45. The van der Waals surface area contributed by atoms with Crippen LogP contribution in [0.3, 0.4) is 0 Å². The molecule has 2 aliphatic rings. The number of aliphatic hydroxyl groups is 1. The zero-order chi connectivity index (χ0) is 23.1. The number of hydrogen-bond donors (Lipinski definition) is 1. The van der Waals surface area contributed by atoms with Crippen LogP contribution in [0.25, 0.3) is 5.76 Å². The molecule has 0 radical (unpaired) electrons. The number of Topliss-reactive ketones (excluding diaryl/α,β-unsaturated/α-hetero) is 1. The van der Waals surface area contributed by atoms with Gasteiger partial charge in [-0.3, -0.25) is 19.5 Å². The molecule has 1 fully saturated rings. The summed E-state index contributed by atoms with van der Waals surface area (Å²) in [6.45, 7) is 0.0859. The second-order valence-corrected chi connectivity index (χ2v) is 7.93. The van der Waals surface area contributed by atoms with Gasteiger partial charge in [0.05, 0.1) is 11.6 Å². The van der Waals surface area contributed by atoms with Gasteiger partial charge in [-0.25, -0.2) is 0 Å². The average Bonchev–Trinajstić information content (AvgIpc) is 3.41. The van der Waals surface area contributed by atoms with Gasteiger partial charge in [-0.1, -0.05) is 6.07 Å². The summed E-state index contributed by atoms with van der Waals surface area (Å²) in [7, 11) is 3.84. The van der Waals surface area contributed by atoms with Crippen LogP contribution < -0.4 is 19.3 Å². The van der Waals surface area contributed by atoms with E-state index in [9.17, 15) is 14.7 Å². The lowest BCUT2D eigenvalue weighted by Crippen LogP contribution is -2.29. The van der Waals surface area contributed by atoms with Crippen LogP contribution in [0.5, 0.6) is 11.5 Å². The molecule has 1 atom stereocenters. The van der Waals surface area contributed by atoms with Gasteiger partial charge in [0.2, 0.25) is 6.79 Å². The van der Waals surface area contributed by atoms with Gasteiger partial charge >= 0.3 is 0 Å². The highest BCUT2D eigenvalue weighted by Gasteiger charge is 2.47. The molecule has 33 heavy (non-hydrogen) atoms. The minimum atomic E-state index is -0.839. The zero-order valence-electron chi connectivity index (χ0n) is 18.1. The number of rotatable bonds is 4. The van der Waals surface area contributed by atoms with Gasteiger partial charge < -0.3 is 19.5 Å². The summed E-state index contributed by atoms with van der Waals surface area (Å²) >= 11 is 0. The number of fused-ring (bicyclic) bond motifs is 1. The van der Waals surface area contributed by atoms with Crippen LogP contribution in [0.1, 0.15) is 17.2 Å². The lowest BCUT2D eigenvalue weighted by atomic mass is 9.96. The lowest BCUT2D eigenvalue weighted by Gasteiger charge is -2.25. The summed E-state index contributed by atoms with van der Waals surface area (Å²) in [6, 6.07) is 14.8. The second-order valence-electron chi connectivity index (χ2n) is 7.93. The summed E-state index contributed by atoms with van der Waals surface area (Å²) in [6.07, 6.45) is 3.20. The Bertz CT molecular complexity index is 1270. The van der Waals surface area contributed by atoms with Crippen LogP contribution in [0.2, 0.25) is 0 Å². The molecule has 2 aromatic carbocycles. The molecule has 0 aliphatic carbocycles. The van der Waals surface area contributed by atoms with Gasteiger partial charge in [0, 0.05) is 43.4 Å². The number of aromatic nitrogens is 1. The number of carbonyl (C=O) groups excluding carboxylic acids is 2. The van der Waals surface area contributed by atoms with Crippen molar-refractivity contribution in [3.05, 3.63) is 83.7 Å². The number of hydrogen-bond acceptors (Lipinski definition) is 7. The predicted octanol–water partition coefficient (Wildman–Crippen LogP) is 3.50. The molecular weight excluding hydrogens is 422 g/mol. The number of nitrogens with zero attached hydrogens (tertiary/aromatic N) is 3. The Hall–Kier alpha value is -4.33. The highest BCUT2D eigenvalue weighted by atomic mass is 16.7. The fraction of sp³-hybridized carbons (Fsp3) is 0.160. The van der Waals surface area contributed by atoms with E-state index in [1.165, 1.54) is 4.90 Å². The summed E-state index contributed by atoms with van der Waals surface area (Å²) in [5, 5.41) is 11.2. The van der Waals surface area contributed by atoms with Gasteiger partial charge in [-0.2, -0.15) is 0 Å². The predicted molar refractivity (Wildman–Crippen MR) is 122 cm³/mol. The van der Waals surface area contributed by atoms with Crippen molar-refractivity contribution in [1.82, 2.24) is 4.98 Å². The number of carbonyl (C=O) groups is 2. The van der Waals surface area contributed by atoms with Crippen molar-refractivity contribution in [2.45, 2.75) is 6.04 Å². The fourth-order valence-corrected chi connectivity index (χ4v) is 4.06. The topological polar surface area (TPSA) is 92.2 Å². The van der Waals surface area contributed by atoms with E-state index in [0.29, 0.717) is 28.3 Å². The summed E-state index contributed by atoms with van der Waals surface area (Å²) in [5.74, 6) is -0.755. The van der Waals surface area contributed by atoms with Crippen molar-refractivity contribution in [3.63, 3.8) is 0 Å². The van der Waals surface area contributed by atoms with E-state index in [1.54, 1.807) is 54.9 Å². The molecule has 1 N–H and O–H groups in total. The molecule has 3 aromatic rings. The highest BCUT2D eigenvalue weighted by Crippen LogP contribution is 2.43. The summed E-state index contributed by atoms with van der Waals surface area (Å²) < 4.78 is 10.7. The molecular formula is C25H21N3O5. The minimum Gasteiger partial charge on any atom is -0.507 e. The number of anilines is 2. The Balaban J connectivity index is 1.66. The van der Waals surface area contributed by atoms with Gasteiger partial charge in [0.15, 0.2) is 11.5 Å². The van der Waals surface area contributed by atoms with Gasteiger partial charge in [0.1, 0.15) is 5.76 Å². The largest absolute Gasteiger partial charge is 0.507 e. The zero-order valence-corrected chi connectivity index (χ0v) is 18.1. The van der Waals surface area contributed by atoms with Crippen LogP contribution in [-0.2, 0) is 9.59 Å². The van der Waals surface area contributed by atoms with Crippen LogP contribution >= 0.6 is 0 Å². The average molecular weight is 443 g/mol. The minimum absolute atomic E-state index is 0.0106. The molecule has 0 spiro atoms. The fourth-order valence-electron chi connectivity index (χ4n) is 4.06. The Labute approximate surface area is 190 Å². The van der Waals surface area contributed by atoms with E-state index in [1.807, 2.05) is 31.1 Å². The monoisotopic (exact) mass is 443 g/mol. The standard InChI is InChI=1S/C25H21N3O5/c1-27(2)17-6-8-18(9-7-17)28-22(16-4-3-11-26-13-16)21(24(30)25(28)31)23(29)15-5-10-19-20(12-15)33-14-32-19/h3-13,22,29H,14H2,1-2H3/b23-21-. The molecule has 1 aromatic heterocycles. The van der Waals surface area contributed by atoms with E-state index >= 15 is 0 Å². The van der Waals surface area contributed by atoms with Crippen molar-refractivity contribution in [2.75, 3.05) is 30.7 Å². The first-order chi connectivity index (χ1) is 16.0. The lowest BCUT2D eigenvalue weighted by molar-refractivity contribution is -0.132. The van der Waals surface area contributed by atoms with Gasteiger partial charge in [0.25, 0.3) is 11.7 Å². The number of amides is 1.